The monoisotopic (exact) mass is 320 g/mol. The van der Waals surface area contributed by atoms with E-state index in [1.54, 1.807) is 18.4 Å². The Bertz CT molecular complexity index is 759. The number of hydrogen-bond donors (Lipinski definition) is 1. The van der Waals surface area contributed by atoms with Crippen molar-refractivity contribution >= 4 is 27.6 Å². The molecular formula is C16H17FN2O2S. The molecule has 6 heteroatoms. The number of rotatable bonds is 5. The van der Waals surface area contributed by atoms with Crippen LogP contribution in [-0.4, -0.2) is 33.7 Å². The van der Waals surface area contributed by atoms with Gasteiger partial charge in [-0.25, -0.2) is 4.39 Å². The van der Waals surface area contributed by atoms with E-state index in [2.05, 4.69) is 10.3 Å². The Balaban J connectivity index is 1.96. The number of carbonyl (C=O) groups excluding carboxylic acids is 1. The molecule has 1 aliphatic carbocycles. The smallest absolute Gasteiger partial charge is 0.252 e. The molecule has 1 heterocycles. The van der Waals surface area contributed by atoms with Gasteiger partial charge in [-0.05, 0) is 37.1 Å². The summed E-state index contributed by atoms with van der Waals surface area (Å²) in [4.78, 5) is 16.9. The number of nitrogens with one attached hydrogen (secondary N) is 1. The molecule has 116 valence electrons. The van der Waals surface area contributed by atoms with E-state index < -0.39 is 16.6 Å². The fraction of sp³-hybridized carbons (Fsp3) is 0.375. The predicted molar refractivity (Wildman–Crippen MR) is 84.9 cm³/mol. The summed E-state index contributed by atoms with van der Waals surface area (Å²) in [6.07, 6.45) is 3.75. The second kappa shape index (κ2) is 6.12. The van der Waals surface area contributed by atoms with Gasteiger partial charge in [-0.2, -0.15) is 0 Å². The lowest BCUT2D eigenvalue weighted by Crippen LogP contribution is -2.28. The van der Waals surface area contributed by atoms with Crippen LogP contribution in [0.15, 0.2) is 24.3 Å². The Morgan fingerprint density at radius 3 is 2.86 bits per heavy atom. The van der Waals surface area contributed by atoms with Crippen molar-refractivity contribution < 1.29 is 13.4 Å². The van der Waals surface area contributed by atoms with Gasteiger partial charge in [0.2, 0.25) is 0 Å². The highest BCUT2D eigenvalue weighted by Gasteiger charge is 2.27. The maximum atomic E-state index is 13.5. The summed E-state index contributed by atoms with van der Waals surface area (Å²) in [6.45, 7) is 0.333. The number of aromatic nitrogens is 1. The summed E-state index contributed by atoms with van der Waals surface area (Å²) in [6, 6.07) is 6.06. The number of hydrogen-bond acceptors (Lipinski definition) is 3. The third-order valence-corrected chi connectivity index (χ3v) is 4.48. The predicted octanol–water partition coefficient (Wildman–Crippen LogP) is 2.36. The zero-order valence-electron chi connectivity index (χ0n) is 12.3. The van der Waals surface area contributed by atoms with Crippen molar-refractivity contribution in [2.45, 2.75) is 18.8 Å². The maximum Gasteiger partial charge on any atom is 0.252 e. The molecule has 1 amide bonds. The fourth-order valence-electron chi connectivity index (χ4n) is 2.40. The van der Waals surface area contributed by atoms with E-state index >= 15 is 0 Å². The molecule has 0 aliphatic heterocycles. The summed E-state index contributed by atoms with van der Waals surface area (Å²) in [7, 11) is -0.958. The first-order valence-electron chi connectivity index (χ1n) is 7.23. The van der Waals surface area contributed by atoms with Gasteiger partial charge in [-0.3, -0.25) is 14.0 Å². The molecule has 0 unspecified atom stereocenters. The molecular weight excluding hydrogens is 303 g/mol. The van der Waals surface area contributed by atoms with Crippen LogP contribution in [0, 0.1) is 5.82 Å². The third kappa shape index (κ3) is 3.32. The van der Waals surface area contributed by atoms with E-state index in [9.17, 15) is 13.4 Å². The SMILES string of the molecule is C[S@](=O)CCNC(=O)c1cc(C2CC2)nc2ccc(F)cc12. The van der Waals surface area contributed by atoms with Gasteiger partial charge in [0, 0.05) is 46.4 Å². The van der Waals surface area contributed by atoms with E-state index in [0.717, 1.165) is 18.5 Å². The van der Waals surface area contributed by atoms with Gasteiger partial charge < -0.3 is 5.32 Å². The maximum absolute atomic E-state index is 13.5. The Labute approximate surface area is 130 Å². The molecule has 0 spiro atoms. The highest BCUT2D eigenvalue weighted by Crippen LogP contribution is 2.40. The minimum atomic E-state index is -0.958. The molecule has 0 bridgehead atoms. The van der Waals surface area contributed by atoms with Crippen LogP contribution in [0.1, 0.15) is 34.8 Å². The average molecular weight is 320 g/mol. The standard InChI is InChI=1S/C16H17FN2O2S/c1-22(21)7-6-18-16(20)13-9-15(10-2-3-10)19-14-5-4-11(17)8-12(13)14/h4-5,8-10H,2-3,6-7H2,1H3,(H,18,20)/t22-/m0/s1. The number of carbonyl (C=O) groups is 1. The summed E-state index contributed by atoms with van der Waals surface area (Å²) in [5.41, 5.74) is 1.96. The van der Waals surface area contributed by atoms with E-state index in [1.807, 2.05) is 0 Å². The first kappa shape index (κ1) is 15.1. The molecule has 1 aliphatic rings. The lowest BCUT2D eigenvalue weighted by Gasteiger charge is -2.10. The molecule has 1 aromatic carbocycles. The molecule has 1 saturated carbocycles. The van der Waals surface area contributed by atoms with Gasteiger partial charge in [0.1, 0.15) is 5.82 Å². The zero-order valence-corrected chi connectivity index (χ0v) is 13.1. The van der Waals surface area contributed by atoms with Gasteiger partial charge in [0.05, 0.1) is 11.1 Å². The number of pyridine rings is 1. The van der Waals surface area contributed by atoms with E-state index in [-0.39, 0.29) is 5.91 Å². The molecule has 0 saturated heterocycles. The molecule has 0 radical (unpaired) electrons. The van der Waals surface area contributed by atoms with Crippen LogP contribution in [-0.2, 0) is 10.8 Å². The summed E-state index contributed by atoms with van der Waals surface area (Å²) in [5.74, 6) is 0.144. The van der Waals surface area contributed by atoms with Crippen LogP contribution in [0.4, 0.5) is 4.39 Å². The van der Waals surface area contributed by atoms with Crippen molar-refractivity contribution in [3.8, 4) is 0 Å². The van der Waals surface area contributed by atoms with Crippen LogP contribution < -0.4 is 5.32 Å². The van der Waals surface area contributed by atoms with Gasteiger partial charge in [-0.1, -0.05) is 0 Å². The second-order valence-corrected chi connectivity index (χ2v) is 7.12. The van der Waals surface area contributed by atoms with E-state index in [4.69, 9.17) is 0 Å². The van der Waals surface area contributed by atoms with Crippen molar-refractivity contribution in [1.82, 2.24) is 10.3 Å². The number of benzene rings is 1. The first-order chi connectivity index (χ1) is 10.5. The molecule has 1 fully saturated rings. The molecule has 2 aromatic rings. The van der Waals surface area contributed by atoms with Crippen LogP contribution in [0.25, 0.3) is 10.9 Å². The molecule has 1 atom stereocenters. The van der Waals surface area contributed by atoms with E-state index in [0.29, 0.717) is 34.7 Å². The molecule has 4 nitrogen and oxygen atoms in total. The minimum Gasteiger partial charge on any atom is -0.351 e. The van der Waals surface area contributed by atoms with Gasteiger partial charge in [-0.15, -0.1) is 0 Å². The zero-order chi connectivity index (χ0) is 15.7. The Hall–Kier alpha value is -1.82. The average Bonchev–Trinajstić information content (AvgIpc) is 3.30. The normalized spacial score (nSPS) is 15.7. The number of amides is 1. The van der Waals surface area contributed by atoms with Crippen LogP contribution in [0.3, 0.4) is 0 Å². The highest BCUT2D eigenvalue weighted by atomic mass is 32.2. The van der Waals surface area contributed by atoms with Crippen LogP contribution in [0.2, 0.25) is 0 Å². The minimum absolute atomic E-state index is 0.273. The van der Waals surface area contributed by atoms with Crippen molar-refractivity contribution in [2.24, 2.45) is 0 Å². The number of nitrogens with zero attached hydrogens (tertiary/aromatic N) is 1. The molecule has 3 rings (SSSR count). The van der Waals surface area contributed by atoms with Crippen molar-refractivity contribution in [3.63, 3.8) is 0 Å². The quantitative estimate of drug-likeness (QED) is 0.920. The Morgan fingerprint density at radius 2 is 2.18 bits per heavy atom. The number of halogens is 1. The topological polar surface area (TPSA) is 59.1 Å². The van der Waals surface area contributed by atoms with Crippen molar-refractivity contribution in [2.75, 3.05) is 18.6 Å². The lowest BCUT2D eigenvalue weighted by molar-refractivity contribution is 0.0957. The number of fused-ring (bicyclic) bond motifs is 1. The lowest BCUT2D eigenvalue weighted by atomic mass is 10.1. The van der Waals surface area contributed by atoms with E-state index in [1.165, 1.54) is 12.1 Å². The third-order valence-electron chi connectivity index (χ3n) is 3.71. The largest absolute Gasteiger partial charge is 0.351 e. The van der Waals surface area contributed by atoms with Gasteiger partial charge in [0.25, 0.3) is 5.91 Å². The Kier molecular flexibility index (Phi) is 4.20. The highest BCUT2D eigenvalue weighted by molar-refractivity contribution is 7.84. The van der Waals surface area contributed by atoms with Crippen molar-refractivity contribution in [1.29, 1.82) is 0 Å². The molecule has 1 aromatic heterocycles. The summed E-state index contributed by atoms with van der Waals surface area (Å²) >= 11 is 0. The first-order valence-corrected chi connectivity index (χ1v) is 8.96. The van der Waals surface area contributed by atoms with Crippen LogP contribution >= 0.6 is 0 Å². The van der Waals surface area contributed by atoms with Gasteiger partial charge in [0.15, 0.2) is 0 Å². The summed E-state index contributed by atoms with van der Waals surface area (Å²) in [5, 5.41) is 3.26. The Morgan fingerprint density at radius 1 is 1.41 bits per heavy atom. The fourth-order valence-corrected chi connectivity index (χ4v) is 2.79. The summed E-state index contributed by atoms with van der Waals surface area (Å²) < 4.78 is 24.6. The molecule has 1 N–H and O–H groups in total. The second-order valence-electron chi connectivity index (χ2n) is 5.56. The van der Waals surface area contributed by atoms with Gasteiger partial charge >= 0.3 is 0 Å². The molecule has 22 heavy (non-hydrogen) atoms. The van der Waals surface area contributed by atoms with Crippen LogP contribution in [0.5, 0.6) is 0 Å². The van der Waals surface area contributed by atoms with Crippen molar-refractivity contribution in [3.05, 3.63) is 41.3 Å².